The zero-order valence-electron chi connectivity index (χ0n) is 10.8. The predicted molar refractivity (Wildman–Crippen MR) is 68.8 cm³/mol. The fraction of sp³-hybridized carbons (Fsp3) is 0.700. The third kappa shape index (κ3) is 3.92. The number of rotatable bonds is 3. The number of hydrogen-bond acceptors (Lipinski definition) is 4. The first-order chi connectivity index (χ1) is 9.43. The van der Waals surface area contributed by atoms with Gasteiger partial charge in [0.1, 0.15) is 0 Å². The van der Waals surface area contributed by atoms with Crippen LogP contribution in [0.1, 0.15) is 25.7 Å². The second kappa shape index (κ2) is 5.90. The number of sulfone groups is 2. The van der Waals surface area contributed by atoms with E-state index in [1.165, 1.54) is 0 Å². The van der Waals surface area contributed by atoms with Crippen LogP contribution in [0.5, 0.6) is 0 Å². The van der Waals surface area contributed by atoms with Crippen molar-refractivity contribution in [2.45, 2.75) is 37.1 Å². The van der Waals surface area contributed by atoms with Crippen LogP contribution in [0.25, 0.3) is 5.53 Å². The molecule has 21 heavy (non-hydrogen) atoms. The SMILES string of the molecule is C=C(CS(=O)(=O)C(=[N+]=[N-])S(=O)(=O)C1CCCC1)C(F)(F)F. The molecule has 0 aromatic carbocycles. The standard InChI is InChI=1S/C10H13F3N2O4S2/c1-7(10(11,12)13)6-20(16,17)9(15-14)21(18,19)8-4-2-3-5-8/h8H,1-6H2. The highest BCUT2D eigenvalue weighted by Crippen LogP contribution is 2.29. The second-order valence-electron chi connectivity index (χ2n) is 4.68. The van der Waals surface area contributed by atoms with E-state index >= 15 is 0 Å². The number of hydrogen-bond donors (Lipinski definition) is 0. The van der Waals surface area contributed by atoms with Gasteiger partial charge in [0.15, 0.2) is 0 Å². The van der Waals surface area contributed by atoms with E-state index in [1.54, 1.807) is 0 Å². The smallest absolute Gasteiger partial charge is 0.359 e. The van der Waals surface area contributed by atoms with Gasteiger partial charge in [0.2, 0.25) is 0 Å². The molecule has 6 nitrogen and oxygen atoms in total. The van der Waals surface area contributed by atoms with Crippen LogP contribution in [0.2, 0.25) is 0 Å². The molecule has 0 aromatic rings. The highest BCUT2D eigenvalue weighted by atomic mass is 32.3. The first-order valence-electron chi connectivity index (χ1n) is 5.86. The molecule has 1 aliphatic rings. The molecule has 1 aliphatic carbocycles. The zero-order chi connectivity index (χ0) is 16.5. The van der Waals surface area contributed by atoms with Crippen molar-refractivity contribution in [3.8, 4) is 0 Å². The Balaban J connectivity index is 3.16. The van der Waals surface area contributed by atoms with Crippen LogP contribution in [0.3, 0.4) is 0 Å². The molecule has 0 amide bonds. The van der Waals surface area contributed by atoms with Crippen LogP contribution in [0.15, 0.2) is 12.2 Å². The molecule has 0 unspecified atom stereocenters. The van der Waals surface area contributed by atoms with E-state index in [1.807, 2.05) is 0 Å². The van der Waals surface area contributed by atoms with Gasteiger partial charge < -0.3 is 5.53 Å². The molecule has 1 saturated carbocycles. The minimum Gasteiger partial charge on any atom is -0.359 e. The van der Waals surface area contributed by atoms with Crippen molar-refractivity contribution in [2.75, 3.05) is 5.75 Å². The van der Waals surface area contributed by atoms with E-state index in [-0.39, 0.29) is 12.8 Å². The van der Waals surface area contributed by atoms with Crippen molar-refractivity contribution in [1.82, 2.24) is 0 Å². The minimum absolute atomic E-state index is 0.178. The van der Waals surface area contributed by atoms with E-state index in [2.05, 4.69) is 11.4 Å². The van der Waals surface area contributed by atoms with Gasteiger partial charge in [0.05, 0.1) is 11.0 Å². The first-order valence-corrected chi connectivity index (χ1v) is 9.06. The third-order valence-corrected chi connectivity index (χ3v) is 7.82. The molecular formula is C10H13F3N2O4S2. The third-order valence-electron chi connectivity index (χ3n) is 3.10. The van der Waals surface area contributed by atoms with E-state index in [4.69, 9.17) is 5.53 Å². The summed E-state index contributed by atoms with van der Waals surface area (Å²) in [6, 6.07) is 0. The Morgan fingerprint density at radius 2 is 1.67 bits per heavy atom. The minimum atomic E-state index is -4.98. The lowest BCUT2D eigenvalue weighted by Crippen LogP contribution is -2.36. The maximum atomic E-state index is 12.3. The molecule has 0 radical (unpaired) electrons. The molecule has 120 valence electrons. The predicted octanol–water partition coefficient (Wildman–Crippen LogP) is 1.46. The lowest BCUT2D eigenvalue weighted by molar-refractivity contribution is -0.0905. The van der Waals surface area contributed by atoms with Crippen molar-refractivity contribution < 1.29 is 34.8 Å². The largest absolute Gasteiger partial charge is 0.495 e. The van der Waals surface area contributed by atoms with Gasteiger partial charge in [-0.2, -0.15) is 13.2 Å². The summed E-state index contributed by atoms with van der Waals surface area (Å²) in [5.74, 6) is -1.66. The van der Waals surface area contributed by atoms with Crippen LogP contribution in [-0.2, 0) is 19.7 Å². The van der Waals surface area contributed by atoms with E-state index in [0.717, 1.165) is 0 Å². The average molecular weight is 346 g/mol. The van der Waals surface area contributed by atoms with Crippen molar-refractivity contribution >= 4 is 24.1 Å². The molecule has 0 saturated heterocycles. The van der Waals surface area contributed by atoms with Gasteiger partial charge in [-0.3, -0.25) is 0 Å². The Morgan fingerprint density at radius 3 is 2.05 bits per heavy atom. The zero-order valence-corrected chi connectivity index (χ0v) is 12.4. The van der Waals surface area contributed by atoms with Gasteiger partial charge in [-0.25, -0.2) is 16.8 Å². The summed E-state index contributed by atoms with van der Waals surface area (Å²) in [4.78, 5) is 2.24. The van der Waals surface area contributed by atoms with Gasteiger partial charge in [-0.1, -0.05) is 19.4 Å². The topological polar surface area (TPSA) is 105 Å². The molecule has 0 aliphatic heterocycles. The average Bonchev–Trinajstić information content (AvgIpc) is 2.80. The molecule has 0 atom stereocenters. The number of nitrogens with zero attached hydrogens (tertiary/aromatic N) is 2. The van der Waals surface area contributed by atoms with Gasteiger partial charge in [-0.15, -0.1) is 4.79 Å². The maximum absolute atomic E-state index is 12.3. The summed E-state index contributed by atoms with van der Waals surface area (Å²) in [7, 11) is -9.45. The van der Waals surface area contributed by atoms with Crippen molar-refractivity contribution in [3.63, 3.8) is 0 Å². The quantitative estimate of drug-likeness (QED) is 0.254. The van der Waals surface area contributed by atoms with Gasteiger partial charge in [0.25, 0.3) is 19.7 Å². The lowest BCUT2D eigenvalue weighted by atomic mass is 10.3. The van der Waals surface area contributed by atoms with Gasteiger partial charge in [-0.05, 0) is 12.8 Å². The Labute approximate surface area is 120 Å². The fourth-order valence-corrected chi connectivity index (χ4v) is 6.23. The molecule has 0 heterocycles. The number of alkyl halides is 3. The van der Waals surface area contributed by atoms with E-state index in [9.17, 15) is 30.0 Å². The highest BCUT2D eigenvalue weighted by molar-refractivity contribution is 8.31. The molecule has 11 heteroatoms. The summed E-state index contributed by atoms with van der Waals surface area (Å²) >= 11 is 0. The summed E-state index contributed by atoms with van der Waals surface area (Å²) in [5, 5.41) is -1.06. The monoisotopic (exact) mass is 346 g/mol. The molecule has 1 rings (SSSR count). The van der Waals surface area contributed by atoms with Gasteiger partial charge >= 0.3 is 10.6 Å². The summed E-state index contributed by atoms with van der Waals surface area (Å²) in [5.41, 5.74) is 7.06. The summed E-state index contributed by atoms with van der Waals surface area (Å²) in [6.07, 6.45) is -3.52. The summed E-state index contributed by atoms with van der Waals surface area (Å²) < 4.78 is 83.1. The van der Waals surface area contributed by atoms with Crippen molar-refractivity contribution in [2.24, 2.45) is 0 Å². The van der Waals surface area contributed by atoms with E-state index < -0.39 is 46.8 Å². The molecular weight excluding hydrogens is 333 g/mol. The van der Waals surface area contributed by atoms with Crippen molar-refractivity contribution in [1.29, 1.82) is 0 Å². The Bertz CT molecular complexity index is 682. The Kier molecular flexibility index (Phi) is 5.01. The normalized spacial score (nSPS) is 17.5. The molecule has 0 aromatic heterocycles. The van der Waals surface area contributed by atoms with Crippen LogP contribution in [-0.4, -0.2) is 43.2 Å². The molecule has 0 N–H and O–H groups in total. The maximum Gasteiger partial charge on any atom is 0.495 e. The summed E-state index contributed by atoms with van der Waals surface area (Å²) in [6.45, 7) is 2.57. The Morgan fingerprint density at radius 1 is 1.19 bits per heavy atom. The lowest BCUT2D eigenvalue weighted by Gasteiger charge is -2.10. The van der Waals surface area contributed by atoms with Gasteiger partial charge in [0, 0.05) is 5.57 Å². The fourth-order valence-electron chi connectivity index (χ4n) is 2.01. The molecule has 0 spiro atoms. The molecule has 1 fully saturated rings. The van der Waals surface area contributed by atoms with Crippen molar-refractivity contribution in [3.05, 3.63) is 17.7 Å². The van der Waals surface area contributed by atoms with Crippen LogP contribution >= 0.6 is 0 Å². The molecule has 0 bridgehead atoms. The second-order valence-corrected chi connectivity index (χ2v) is 8.98. The van der Waals surface area contributed by atoms with Crippen LogP contribution in [0, 0.1) is 0 Å². The first kappa shape index (κ1) is 17.9. The number of halogens is 3. The Hall–Kier alpha value is -1.19. The van der Waals surface area contributed by atoms with Crippen LogP contribution < -0.4 is 0 Å². The highest BCUT2D eigenvalue weighted by Gasteiger charge is 2.49. The van der Waals surface area contributed by atoms with E-state index in [0.29, 0.717) is 12.8 Å². The van der Waals surface area contributed by atoms with Crippen LogP contribution in [0.4, 0.5) is 13.2 Å².